The lowest BCUT2D eigenvalue weighted by Gasteiger charge is -2.26. The number of hydrogen-bond acceptors (Lipinski definition) is 7. The average molecular weight is 445 g/mol. The van der Waals surface area contributed by atoms with Gasteiger partial charge in [0.25, 0.3) is 5.91 Å². The predicted octanol–water partition coefficient (Wildman–Crippen LogP) is 1.85. The number of oxime groups is 1. The van der Waals surface area contributed by atoms with Crippen molar-refractivity contribution in [2.75, 3.05) is 38.7 Å². The average Bonchev–Trinajstić information content (AvgIpc) is 3.30. The number of para-hydroxylation sites is 1. The Morgan fingerprint density at radius 2 is 1.84 bits per heavy atom. The molecule has 9 nitrogen and oxygen atoms in total. The van der Waals surface area contributed by atoms with Crippen LogP contribution in [0, 0.1) is 0 Å². The third kappa shape index (κ3) is 4.55. The summed E-state index contributed by atoms with van der Waals surface area (Å²) >= 11 is 0. The van der Waals surface area contributed by atoms with E-state index in [1.54, 1.807) is 19.2 Å². The Morgan fingerprint density at radius 1 is 1.13 bits per heavy atom. The number of rotatable bonds is 6. The van der Waals surface area contributed by atoms with Crippen molar-refractivity contribution in [3.05, 3.63) is 54.1 Å². The van der Waals surface area contributed by atoms with Crippen LogP contribution in [0.25, 0.3) is 0 Å². The molecule has 2 aliphatic heterocycles. The monoisotopic (exact) mass is 445 g/mol. The van der Waals surface area contributed by atoms with Gasteiger partial charge in [0.2, 0.25) is 16.1 Å². The van der Waals surface area contributed by atoms with Crippen molar-refractivity contribution < 1.29 is 27.5 Å². The Morgan fingerprint density at radius 3 is 2.55 bits per heavy atom. The summed E-state index contributed by atoms with van der Waals surface area (Å²) in [5.41, 5.74) is 1.88. The molecule has 31 heavy (non-hydrogen) atoms. The molecule has 4 rings (SSSR count). The van der Waals surface area contributed by atoms with Crippen molar-refractivity contribution in [3.8, 4) is 5.75 Å². The third-order valence-corrected chi connectivity index (χ3v) is 7.02. The van der Waals surface area contributed by atoms with Gasteiger partial charge in [0.15, 0.2) is 0 Å². The van der Waals surface area contributed by atoms with Crippen LogP contribution >= 0.6 is 0 Å². The molecule has 2 heterocycles. The summed E-state index contributed by atoms with van der Waals surface area (Å²) in [4.78, 5) is 18.1. The maximum absolute atomic E-state index is 12.7. The van der Waals surface area contributed by atoms with Crippen LogP contribution < -0.4 is 10.1 Å². The number of nitrogens with zero attached hydrogens (tertiary/aromatic N) is 2. The van der Waals surface area contributed by atoms with E-state index in [1.165, 1.54) is 16.4 Å². The second kappa shape index (κ2) is 9.04. The summed E-state index contributed by atoms with van der Waals surface area (Å²) < 4.78 is 37.3. The number of benzene rings is 2. The zero-order valence-electron chi connectivity index (χ0n) is 17.0. The lowest BCUT2D eigenvalue weighted by atomic mass is 10.0. The van der Waals surface area contributed by atoms with Gasteiger partial charge in [-0.05, 0) is 36.4 Å². The molecule has 0 bridgehead atoms. The zero-order valence-corrected chi connectivity index (χ0v) is 17.8. The van der Waals surface area contributed by atoms with Crippen LogP contribution in [0.15, 0.2) is 58.6 Å². The van der Waals surface area contributed by atoms with E-state index in [9.17, 15) is 13.2 Å². The number of nitrogens with one attached hydrogen (secondary N) is 1. The number of hydrogen-bond donors (Lipinski definition) is 1. The number of anilines is 1. The Bertz CT molecular complexity index is 1080. The highest BCUT2D eigenvalue weighted by atomic mass is 32.2. The molecule has 1 N–H and O–H groups in total. The molecule has 1 unspecified atom stereocenters. The number of methoxy groups -OCH3 is 1. The van der Waals surface area contributed by atoms with Crippen molar-refractivity contribution in [2.24, 2.45) is 5.16 Å². The summed E-state index contributed by atoms with van der Waals surface area (Å²) in [6.07, 6.45) is -0.480. The molecular weight excluding hydrogens is 422 g/mol. The van der Waals surface area contributed by atoms with Crippen molar-refractivity contribution in [1.82, 2.24) is 4.31 Å². The van der Waals surface area contributed by atoms with E-state index in [2.05, 4.69) is 10.5 Å². The molecule has 1 saturated heterocycles. The number of ether oxygens (including phenoxy) is 2. The first kappa shape index (κ1) is 21.3. The van der Waals surface area contributed by atoms with Gasteiger partial charge in [-0.1, -0.05) is 17.3 Å². The summed E-state index contributed by atoms with van der Waals surface area (Å²) in [5.74, 6) is 0.292. The van der Waals surface area contributed by atoms with Gasteiger partial charge >= 0.3 is 0 Å². The molecule has 0 aliphatic carbocycles. The first-order chi connectivity index (χ1) is 15.0. The van der Waals surface area contributed by atoms with Gasteiger partial charge < -0.3 is 19.6 Å². The summed E-state index contributed by atoms with van der Waals surface area (Å²) in [6, 6.07) is 13.5. The van der Waals surface area contributed by atoms with Crippen molar-refractivity contribution in [2.45, 2.75) is 17.4 Å². The molecule has 0 spiro atoms. The van der Waals surface area contributed by atoms with E-state index in [0.717, 1.165) is 5.56 Å². The maximum Gasteiger partial charge on any atom is 0.268 e. The van der Waals surface area contributed by atoms with Gasteiger partial charge in [-0.2, -0.15) is 4.31 Å². The van der Waals surface area contributed by atoms with Crippen LogP contribution in [0.5, 0.6) is 5.75 Å². The molecule has 2 aromatic carbocycles. The molecule has 1 atom stereocenters. The number of sulfonamides is 1. The van der Waals surface area contributed by atoms with Crippen molar-refractivity contribution in [3.63, 3.8) is 0 Å². The fraction of sp³-hybridized carbons (Fsp3) is 0.333. The highest BCUT2D eigenvalue weighted by Crippen LogP contribution is 2.25. The summed E-state index contributed by atoms with van der Waals surface area (Å²) in [7, 11) is -2.01. The van der Waals surface area contributed by atoms with E-state index in [0.29, 0.717) is 49.9 Å². The number of carbonyl (C=O) groups excluding carboxylic acids is 1. The normalized spacial score (nSPS) is 19.4. The summed E-state index contributed by atoms with van der Waals surface area (Å²) in [6.45, 7) is 1.42. The minimum absolute atomic E-state index is 0.173. The van der Waals surface area contributed by atoms with E-state index in [1.807, 2.05) is 24.3 Å². The van der Waals surface area contributed by atoms with Crippen molar-refractivity contribution in [1.29, 1.82) is 0 Å². The minimum Gasteiger partial charge on any atom is -0.496 e. The first-order valence-electron chi connectivity index (χ1n) is 9.84. The standard InChI is InChI=1S/C21H23N3O6S/c1-28-19-5-3-2-4-17(19)18-14-20(30-23-18)21(25)22-15-6-8-16(9-7-15)31(26,27)24-10-12-29-13-11-24/h2-9,20H,10-14H2,1H3,(H,22,25). The Labute approximate surface area is 180 Å². The van der Waals surface area contributed by atoms with E-state index < -0.39 is 16.1 Å². The molecule has 0 radical (unpaired) electrons. The topological polar surface area (TPSA) is 107 Å². The largest absolute Gasteiger partial charge is 0.496 e. The highest BCUT2D eigenvalue weighted by Gasteiger charge is 2.30. The first-order valence-corrected chi connectivity index (χ1v) is 11.3. The third-order valence-electron chi connectivity index (χ3n) is 5.11. The molecule has 1 fully saturated rings. The number of carbonyl (C=O) groups is 1. The molecule has 2 aromatic rings. The minimum atomic E-state index is -3.58. The Hall–Kier alpha value is -2.95. The fourth-order valence-electron chi connectivity index (χ4n) is 3.43. The molecular formula is C21H23N3O6S. The second-order valence-corrected chi connectivity index (χ2v) is 9.00. The van der Waals surface area contributed by atoms with Crippen LogP contribution in [0.3, 0.4) is 0 Å². The fourth-order valence-corrected chi connectivity index (χ4v) is 4.84. The number of amides is 1. The van der Waals surface area contributed by atoms with Crippen molar-refractivity contribution >= 4 is 27.3 Å². The lowest BCUT2D eigenvalue weighted by Crippen LogP contribution is -2.40. The van der Waals surface area contributed by atoms with Crippen LogP contribution in [-0.2, 0) is 24.4 Å². The molecule has 10 heteroatoms. The van der Waals surface area contributed by atoms with Crippen LogP contribution in [0.2, 0.25) is 0 Å². The van der Waals surface area contributed by atoms with Crippen LogP contribution in [0.1, 0.15) is 12.0 Å². The van der Waals surface area contributed by atoms with Gasteiger partial charge in [0.1, 0.15) is 5.75 Å². The quantitative estimate of drug-likeness (QED) is 0.727. The molecule has 2 aliphatic rings. The molecule has 0 saturated carbocycles. The molecule has 0 aromatic heterocycles. The maximum atomic E-state index is 12.7. The predicted molar refractivity (Wildman–Crippen MR) is 114 cm³/mol. The lowest BCUT2D eigenvalue weighted by molar-refractivity contribution is -0.125. The zero-order chi connectivity index (χ0) is 21.8. The van der Waals surface area contributed by atoms with Gasteiger partial charge in [0.05, 0.1) is 30.9 Å². The Kier molecular flexibility index (Phi) is 6.21. The second-order valence-electron chi connectivity index (χ2n) is 7.07. The molecule has 164 valence electrons. The SMILES string of the molecule is COc1ccccc1C1=NOC(C(=O)Nc2ccc(S(=O)(=O)N3CCOCC3)cc2)C1. The van der Waals surface area contributed by atoms with E-state index in [4.69, 9.17) is 14.3 Å². The van der Waals surface area contributed by atoms with Gasteiger partial charge in [-0.25, -0.2) is 8.42 Å². The number of morpholine rings is 1. The van der Waals surface area contributed by atoms with Crippen LogP contribution in [-0.4, -0.2) is 63.9 Å². The van der Waals surface area contributed by atoms with E-state index >= 15 is 0 Å². The van der Waals surface area contributed by atoms with E-state index in [-0.39, 0.29) is 10.8 Å². The van der Waals surface area contributed by atoms with Gasteiger partial charge in [-0.15, -0.1) is 0 Å². The van der Waals surface area contributed by atoms with Crippen LogP contribution in [0.4, 0.5) is 5.69 Å². The Balaban J connectivity index is 1.38. The summed E-state index contributed by atoms with van der Waals surface area (Å²) in [5, 5.41) is 6.78. The van der Waals surface area contributed by atoms with Gasteiger partial charge in [-0.3, -0.25) is 4.79 Å². The highest BCUT2D eigenvalue weighted by molar-refractivity contribution is 7.89. The molecule has 1 amide bonds. The van der Waals surface area contributed by atoms with Gasteiger partial charge in [0, 0.05) is 30.8 Å². The smallest absolute Gasteiger partial charge is 0.268 e.